The summed E-state index contributed by atoms with van der Waals surface area (Å²) in [5.41, 5.74) is 2.99. The molecule has 7 heteroatoms. The van der Waals surface area contributed by atoms with Crippen molar-refractivity contribution in [1.29, 1.82) is 0 Å². The molecule has 0 aliphatic heterocycles. The Labute approximate surface area is 154 Å². The van der Waals surface area contributed by atoms with Crippen LogP contribution in [0.1, 0.15) is 33.0 Å². The minimum absolute atomic E-state index is 0.0762. The molecule has 0 bridgehead atoms. The van der Waals surface area contributed by atoms with Gasteiger partial charge in [0.05, 0.1) is 5.39 Å². The van der Waals surface area contributed by atoms with E-state index in [1.165, 1.54) is 16.2 Å². The highest BCUT2D eigenvalue weighted by Crippen LogP contribution is 2.34. The molecule has 4 rings (SSSR count). The van der Waals surface area contributed by atoms with Gasteiger partial charge in [-0.3, -0.25) is 9.59 Å². The molecule has 1 aliphatic rings. The van der Waals surface area contributed by atoms with Crippen LogP contribution in [0.2, 0.25) is 0 Å². The topological polar surface area (TPSA) is 78.1 Å². The number of rotatable bonds is 4. The molecule has 134 valence electrons. The second kappa shape index (κ2) is 6.57. The lowest BCUT2D eigenvalue weighted by Crippen LogP contribution is -2.27. The third-order valence-corrected chi connectivity index (χ3v) is 5.88. The Morgan fingerprint density at radius 3 is 2.77 bits per heavy atom. The molecule has 0 atom stereocenters. The summed E-state index contributed by atoms with van der Waals surface area (Å²) in [5.74, 6) is -0.290. The van der Waals surface area contributed by atoms with E-state index in [9.17, 15) is 9.59 Å². The molecule has 2 aromatic heterocycles. The molecule has 1 aliphatic carbocycles. The van der Waals surface area contributed by atoms with Crippen LogP contribution in [-0.4, -0.2) is 30.0 Å². The molecule has 0 unspecified atom stereocenters. The zero-order valence-corrected chi connectivity index (χ0v) is 15.6. The van der Waals surface area contributed by atoms with Gasteiger partial charge in [-0.1, -0.05) is 12.1 Å². The van der Waals surface area contributed by atoms with Crippen LogP contribution >= 0.6 is 11.3 Å². The largest absolute Gasteiger partial charge is 0.378 e. The highest BCUT2D eigenvalue weighted by Gasteiger charge is 2.22. The number of amides is 1. The number of thiophene rings is 1. The van der Waals surface area contributed by atoms with E-state index in [0.717, 1.165) is 36.1 Å². The van der Waals surface area contributed by atoms with E-state index in [-0.39, 0.29) is 17.3 Å². The Balaban J connectivity index is 1.52. The predicted octanol–water partition coefficient (Wildman–Crippen LogP) is 2.47. The number of H-pyrrole nitrogens is 1. The standard InChI is InChI=1S/C19H20N4O2S/c1-23(2)12-8-6-11(7-9-12)10-20-18(25)16-21-17(24)15-13-4-3-5-14(13)26-19(15)22-16/h6-9H,3-5,10H2,1-2H3,(H,20,25)(H,21,22,24). The third kappa shape index (κ3) is 2.99. The summed E-state index contributed by atoms with van der Waals surface area (Å²) >= 11 is 1.54. The van der Waals surface area contributed by atoms with E-state index < -0.39 is 0 Å². The van der Waals surface area contributed by atoms with E-state index in [1.54, 1.807) is 0 Å². The number of carbonyl (C=O) groups is 1. The van der Waals surface area contributed by atoms with Gasteiger partial charge >= 0.3 is 0 Å². The Kier molecular flexibility index (Phi) is 4.24. The summed E-state index contributed by atoms with van der Waals surface area (Å²) in [5, 5.41) is 3.49. The van der Waals surface area contributed by atoms with Crippen LogP contribution in [0, 0.1) is 0 Å². The SMILES string of the molecule is CN(C)c1ccc(CNC(=O)c2nc3sc4c(c3c(=O)[nH]2)CCC4)cc1. The summed E-state index contributed by atoms with van der Waals surface area (Å²) in [4.78, 5) is 35.8. The van der Waals surface area contributed by atoms with Gasteiger partial charge in [0.2, 0.25) is 5.82 Å². The lowest BCUT2D eigenvalue weighted by molar-refractivity contribution is 0.0940. The normalized spacial score (nSPS) is 13.0. The van der Waals surface area contributed by atoms with Crippen molar-refractivity contribution in [3.63, 3.8) is 0 Å². The van der Waals surface area contributed by atoms with Gasteiger partial charge in [-0.2, -0.15) is 0 Å². The van der Waals surface area contributed by atoms with Crippen molar-refractivity contribution in [3.05, 3.63) is 56.4 Å². The molecule has 2 N–H and O–H groups in total. The molecule has 6 nitrogen and oxygen atoms in total. The smallest absolute Gasteiger partial charge is 0.287 e. The van der Waals surface area contributed by atoms with Crippen molar-refractivity contribution in [2.24, 2.45) is 0 Å². The molecule has 0 saturated carbocycles. The number of aryl methyl sites for hydroxylation is 2. The second-order valence-corrected chi connectivity index (χ2v) is 7.78. The molecular weight excluding hydrogens is 348 g/mol. The lowest BCUT2D eigenvalue weighted by Gasteiger charge is -2.12. The first-order valence-electron chi connectivity index (χ1n) is 8.62. The summed E-state index contributed by atoms with van der Waals surface area (Å²) in [6.07, 6.45) is 3.01. The number of nitrogens with zero attached hydrogens (tertiary/aromatic N) is 2. The highest BCUT2D eigenvalue weighted by molar-refractivity contribution is 7.18. The van der Waals surface area contributed by atoms with Crippen molar-refractivity contribution in [3.8, 4) is 0 Å². The van der Waals surface area contributed by atoms with Gasteiger partial charge in [0.15, 0.2) is 0 Å². The van der Waals surface area contributed by atoms with Gasteiger partial charge in [-0.15, -0.1) is 11.3 Å². The highest BCUT2D eigenvalue weighted by atomic mass is 32.1. The molecule has 3 aromatic rings. The third-order valence-electron chi connectivity index (χ3n) is 4.70. The van der Waals surface area contributed by atoms with Gasteiger partial charge in [-0.25, -0.2) is 4.98 Å². The number of anilines is 1. The molecule has 0 saturated heterocycles. The maximum atomic E-state index is 12.4. The van der Waals surface area contributed by atoms with E-state index >= 15 is 0 Å². The number of aromatic nitrogens is 2. The zero-order valence-electron chi connectivity index (χ0n) is 14.8. The fourth-order valence-corrected chi connectivity index (χ4v) is 4.55. The van der Waals surface area contributed by atoms with Crippen molar-refractivity contribution in [1.82, 2.24) is 15.3 Å². The quantitative estimate of drug-likeness (QED) is 0.742. The fourth-order valence-electron chi connectivity index (χ4n) is 3.29. The number of fused-ring (bicyclic) bond motifs is 3. The molecule has 1 amide bonds. The van der Waals surface area contributed by atoms with Crippen LogP contribution in [0.4, 0.5) is 5.69 Å². The molecule has 0 spiro atoms. The maximum Gasteiger partial charge on any atom is 0.287 e. The van der Waals surface area contributed by atoms with Gasteiger partial charge < -0.3 is 15.2 Å². The fraction of sp³-hybridized carbons (Fsp3) is 0.316. The Morgan fingerprint density at radius 1 is 1.27 bits per heavy atom. The van der Waals surface area contributed by atoms with Crippen LogP contribution in [0.25, 0.3) is 10.2 Å². The van der Waals surface area contributed by atoms with Crippen LogP contribution in [0.3, 0.4) is 0 Å². The molecule has 26 heavy (non-hydrogen) atoms. The van der Waals surface area contributed by atoms with Gasteiger partial charge in [0.1, 0.15) is 4.83 Å². The molecule has 0 fully saturated rings. The first-order chi connectivity index (χ1) is 12.5. The Bertz CT molecular complexity index is 1030. The second-order valence-electron chi connectivity index (χ2n) is 6.70. The lowest BCUT2D eigenvalue weighted by atomic mass is 10.2. The van der Waals surface area contributed by atoms with E-state index in [2.05, 4.69) is 15.3 Å². The summed E-state index contributed by atoms with van der Waals surface area (Å²) in [7, 11) is 3.96. The zero-order chi connectivity index (χ0) is 18.3. The maximum absolute atomic E-state index is 12.4. The van der Waals surface area contributed by atoms with E-state index in [4.69, 9.17) is 0 Å². The molecular formula is C19H20N4O2S. The van der Waals surface area contributed by atoms with Crippen LogP contribution in [-0.2, 0) is 19.4 Å². The van der Waals surface area contributed by atoms with E-state index in [1.807, 2.05) is 43.3 Å². The van der Waals surface area contributed by atoms with Gasteiger partial charge in [-0.05, 0) is 42.5 Å². The van der Waals surface area contributed by atoms with Crippen molar-refractivity contribution in [2.45, 2.75) is 25.8 Å². The van der Waals surface area contributed by atoms with E-state index in [0.29, 0.717) is 16.8 Å². The summed E-state index contributed by atoms with van der Waals surface area (Å²) in [6.45, 7) is 0.384. The molecule has 0 radical (unpaired) electrons. The van der Waals surface area contributed by atoms with Crippen molar-refractivity contribution < 1.29 is 4.79 Å². The number of carbonyl (C=O) groups excluding carboxylic acids is 1. The minimum Gasteiger partial charge on any atom is -0.378 e. The average molecular weight is 368 g/mol. The van der Waals surface area contributed by atoms with Crippen molar-refractivity contribution in [2.75, 3.05) is 19.0 Å². The monoisotopic (exact) mass is 368 g/mol. The Morgan fingerprint density at radius 2 is 2.04 bits per heavy atom. The number of benzene rings is 1. The Hall–Kier alpha value is -2.67. The number of aromatic amines is 1. The van der Waals surface area contributed by atoms with Crippen LogP contribution in [0.15, 0.2) is 29.1 Å². The van der Waals surface area contributed by atoms with Crippen LogP contribution < -0.4 is 15.8 Å². The van der Waals surface area contributed by atoms with Gasteiger partial charge in [0, 0.05) is 31.2 Å². The van der Waals surface area contributed by atoms with Crippen molar-refractivity contribution >= 4 is 33.1 Å². The summed E-state index contributed by atoms with van der Waals surface area (Å²) in [6, 6.07) is 7.94. The van der Waals surface area contributed by atoms with Gasteiger partial charge in [0.25, 0.3) is 11.5 Å². The first kappa shape index (κ1) is 16.8. The number of hydrogen-bond donors (Lipinski definition) is 2. The van der Waals surface area contributed by atoms with Crippen LogP contribution in [0.5, 0.6) is 0 Å². The predicted molar refractivity (Wildman–Crippen MR) is 104 cm³/mol. The number of nitrogens with one attached hydrogen (secondary N) is 2. The first-order valence-corrected chi connectivity index (χ1v) is 9.43. The summed E-state index contributed by atoms with van der Waals surface area (Å²) < 4.78 is 0. The molecule has 1 aromatic carbocycles. The number of hydrogen-bond acceptors (Lipinski definition) is 5. The average Bonchev–Trinajstić information content (AvgIpc) is 3.20. The molecule has 2 heterocycles. The minimum atomic E-state index is -0.366.